The van der Waals surface area contributed by atoms with Gasteiger partial charge >= 0.3 is 12.1 Å². The van der Waals surface area contributed by atoms with Crippen LogP contribution in [0.15, 0.2) is 65.1 Å². The van der Waals surface area contributed by atoms with E-state index in [2.05, 4.69) is 15.4 Å². The van der Waals surface area contributed by atoms with E-state index in [1.54, 1.807) is 6.92 Å². The monoisotopic (exact) mass is 602 g/mol. The van der Waals surface area contributed by atoms with Crippen LogP contribution in [0.3, 0.4) is 0 Å². The van der Waals surface area contributed by atoms with E-state index >= 15 is 0 Å². The zero-order valence-corrected chi connectivity index (χ0v) is 22.3. The van der Waals surface area contributed by atoms with Crippen molar-refractivity contribution >= 4 is 34.6 Å². The first-order chi connectivity index (χ1) is 19.9. The number of nitrogens with zero attached hydrogens (tertiary/aromatic N) is 3. The van der Waals surface area contributed by atoms with Crippen molar-refractivity contribution in [2.45, 2.75) is 26.3 Å². The number of alkyl halides is 3. The van der Waals surface area contributed by atoms with Gasteiger partial charge in [-0.2, -0.15) is 23.0 Å². The van der Waals surface area contributed by atoms with Gasteiger partial charge in [0.1, 0.15) is 23.0 Å². The highest BCUT2D eigenvalue weighted by Crippen LogP contribution is 2.40. The van der Waals surface area contributed by atoms with Crippen LogP contribution in [-0.2, 0) is 19.3 Å². The lowest BCUT2D eigenvalue weighted by Gasteiger charge is -2.12. The first-order valence-corrected chi connectivity index (χ1v) is 12.5. The lowest BCUT2D eigenvalue weighted by Crippen LogP contribution is -2.23. The average Bonchev–Trinajstić information content (AvgIpc) is 3.48. The van der Waals surface area contributed by atoms with Gasteiger partial charge in [-0.05, 0) is 42.0 Å². The largest absolute Gasteiger partial charge is 0.478 e. The van der Waals surface area contributed by atoms with Gasteiger partial charge in [0.05, 0.1) is 11.3 Å². The summed E-state index contributed by atoms with van der Waals surface area (Å²) >= 11 is 6.04. The maximum Gasteiger partial charge on any atom is 0.436 e. The number of carboxylic acid groups (broad SMARTS) is 1. The zero-order valence-electron chi connectivity index (χ0n) is 21.5. The fourth-order valence-corrected chi connectivity index (χ4v) is 4.34. The summed E-state index contributed by atoms with van der Waals surface area (Å²) in [6, 6.07) is 13.6. The molecule has 0 radical (unpaired) electrons. The Bertz CT molecular complexity index is 1820. The number of hydrogen-bond donors (Lipinski definition) is 2. The van der Waals surface area contributed by atoms with Crippen LogP contribution in [0.2, 0.25) is 5.02 Å². The SMILES string of the molecule is Cc1nc2cc(F)c(CNC(=O)c3cccc(-n4nc(C(F)(F)F)c(Cl)c4OCc4ccc(C(=O)O)cc4)c3)cc2o1. The summed E-state index contributed by atoms with van der Waals surface area (Å²) in [7, 11) is 0. The van der Waals surface area contributed by atoms with Crippen LogP contribution >= 0.6 is 11.6 Å². The first kappa shape index (κ1) is 28.6. The standard InChI is InChI=1S/C28H19ClF4N4O5/c1-14-35-21-11-20(30)18(10-22(21)42-14)12-34-25(38)17-3-2-4-19(9-17)37-26(23(29)24(36-37)28(31,32)33)41-13-15-5-7-16(8-6-15)27(39)40/h2-11H,12-13H2,1H3,(H,34,38)(H,39,40). The fourth-order valence-electron chi connectivity index (χ4n) is 4.06. The van der Waals surface area contributed by atoms with E-state index in [0.29, 0.717) is 22.6 Å². The molecular weight excluding hydrogens is 584 g/mol. The van der Waals surface area contributed by atoms with Crippen LogP contribution in [-0.4, -0.2) is 31.7 Å². The Labute approximate surface area is 239 Å². The van der Waals surface area contributed by atoms with Gasteiger partial charge in [-0.1, -0.05) is 29.8 Å². The highest BCUT2D eigenvalue weighted by molar-refractivity contribution is 6.32. The van der Waals surface area contributed by atoms with Gasteiger partial charge in [0.2, 0.25) is 5.88 Å². The molecule has 2 N–H and O–H groups in total. The number of nitrogens with one attached hydrogen (secondary N) is 1. The molecule has 0 spiro atoms. The normalized spacial score (nSPS) is 11.6. The fraction of sp³-hybridized carbons (Fsp3) is 0.143. The zero-order chi connectivity index (χ0) is 30.2. The van der Waals surface area contributed by atoms with E-state index in [1.165, 1.54) is 60.7 Å². The van der Waals surface area contributed by atoms with Crippen molar-refractivity contribution in [3.63, 3.8) is 0 Å². The number of ether oxygens (including phenoxy) is 1. The van der Waals surface area contributed by atoms with Crippen molar-refractivity contribution in [1.82, 2.24) is 20.1 Å². The number of carboxylic acids is 1. The maximum atomic E-state index is 14.5. The lowest BCUT2D eigenvalue weighted by molar-refractivity contribution is -0.141. The molecule has 42 heavy (non-hydrogen) atoms. The molecule has 216 valence electrons. The van der Waals surface area contributed by atoms with Crippen LogP contribution in [0.25, 0.3) is 16.8 Å². The van der Waals surface area contributed by atoms with Gasteiger partial charge in [-0.15, -0.1) is 0 Å². The molecule has 9 nitrogen and oxygen atoms in total. The van der Waals surface area contributed by atoms with Crippen LogP contribution in [0.4, 0.5) is 17.6 Å². The number of halogens is 5. The number of benzene rings is 3. The summed E-state index contributed by atoms with van der Waals surface area (Å²) in [6.45, 7) is 1.15. The summed E-state index contributed by atoms with van der Waals surface area (Å²) in [5.74, 6) is -2.47. The molecule has 5 aromatic rings. The van der Waals surface area contributed by atoms with Crippen molar-refractivity contribution < 1.29 is 41.4 Å². The molecular formula is C28H19ClF4N4O5. The Balaban J connectivity index is 1.39. The second-order valence-corrected chi connectivity index (χ2v) is 9.42. The van der Waals surface area contributed by atoms with E-state index in [0.717, 1.165) is 4.68 Å². The predicted octanol–water partition coefficient (Wildman–Crippen LogP) is 6.34. The molecule has 2 aromatic heterocycles. The molecule has 0 aliphatic rings. The van der Waals surface area contributed by atoms with Gasteiger partial charge in [0, 0.05) is 30.7 Å². The highest BCUT2D eigenvalue weighted by atomic mass is 35.5. The van der Waals surface area contributed by atoms with Crippen LogP contribution in [0.1, 0.15) is 43.4 Å². The van der Waals surface area contributed by atoms with Crippen LogP contribution in [0.5, 0.6) is 5.88 Å². The number of rotatable bonds is 8. The first-order valence-electron chi connectivity index (χ1n) is 12.2. The van der Waals surface area contributed by atoms with Crippen molar-refractivity contribution in [2.24, 2.45) is 0 Å². The second kappa shape index (κ2) is 11.2. The maximum absolute atomic E-state index is 14.5. The molecule has 0 unspecified atom stereocenters. The van der Waals surface area contributed by atoms with Gasteiger partial charge in [0.25, 0.3) is 5.91 Å². The van der Waals surface area contributed by atoms with E-state index in [-0.39, 0.29) is 35.5 Å². The minimum Gasteiger partial charge on any atom is -0.478 e. The Morgan fingerprint density at radius 2 is 1.83 bits per heavy atom. The predicted molar refractivity (Wildman–Crippen MR) is 141 cm³/mol. The molecule has 0 saturated carbocycles. The number of amides is 1. The van der Waals surface area contributed by atoms with Crippen molar-refractivity contribution in [1.29, 1.82) is 0 Å². The summed E-state index contributed by atoms with van der Waals surface area (Å²) in [4.78, 5) is 28.0. The van der Waals surface area contributed by atoms with Crippen molar-refractivity contribution in [2.75, 3.05) is 0 Å². The number of hydrogen-bond acceptors (Lipinski definition) is 6. The number of aromatic carboxylic acids is 1. The topological polar surface area (TPSA) is 119 Å². The van der Waals surface area contributed by atoms with Gasteiger partial charge in [0.15, 0.2) is 17.2 Å². The quantitative estimate of drug-likeness (QED) is 0.199. The van der Waals surface area contributed by atoms with E-state index in [4.69, 9.17) is 25.9 Å². The number of carbonyl (C=O) groups is 2. The van der Waals surface area contributed by atoms with Crippen LogP contribution in [0, 0.1) is 12.7 Å². The highest BCUT2D eigenvalue weighted by Gasteiger charge is 2.40. The molecule has 0 aliphatic carbocycles. The summed E-state index contributed by atoms with van der Waals surface area (Å²) in [6.07, 6.45) is -4.91. The minimum atomic E-state index is -4.91. The molecule has 0 fully saturated rings. The summed E-state index contributed by atoms with van der Waals surface area (Å²) in [5, 5.41) is 14.4. The Kier molecular flexibility index (Phi) is 7.61. The third-order valence-corrected chi connectivity index (χ3v) is 6.43. The smallest absolute Gasteiger partial charge is 0.436 e. The van der Waals surface area contributed by atoms with Crippen molar-refractivity contribution in [3.05, 3.63) is 105 Å². The molecule has 1 amide bonds. The average molecular weight is 603 g/mol. The number of carbonyl (C=O) groups excluding carboxylic acids is 1. The molecule has 0 saturated heterocycles. The molecule has 3 aromatic carbocycles. The Morgan fingerprint density at radius 1 is 1.10 bits per heavy atom. The molecule has 5 rings (SSSR count). The van der Waals surface area contributed by atoms with Crippen LogP contribution < -0.4 is 10.1 Å². The number of aryl methyl sites for hydroxylation is 1. The lowest BCUT2D eigenvalue weighted by atomic mass is 10.1. The molecule has 2 heterocycles. The number of fused-ring (bicyclic) bond motifs is 1. The molecule has 0 bridgehead atoms. The summed E-state index contributed by atoms with van der Waals surface area (Å²) < 4.78 is 67.3. The van der Waals surface area contributed by atoms with E-state index in [1.807, 2.05) is 0 Å². The van der Waals surface area contributed by atoms with Crippen molar-refractivity contribution in [3.8, 4) is 11.6 Å². The Hall–Kier alpha value is -4.91. The number of oxazole rings is 1. The van der Waals surface area contributed by atoms with Gasteiger partial charge in [-0.3, -0.25) is 4.79 Å². The Morgan fingerprint density at radius 3 is 2.52 bits per heavy atom. The third-order valence-electron chi connectivity index (χ3n) is 6.09. The second-order valence-electron chi connectivity index (χ2n) is 9.05. The van der Waals surface area contributed by atoms with E-state index < -0.39 is 40.5 Å². The van der Waals surface area contributed by atoms with Gasteiger partial charge in [-0.25, -0.2) is 14.2 Å². The molecule has 14 heteroatoms. The molecule has 0 aliphatic heterocycles. The van der Waals surface area contributed by atoms with E-state index in [9.17, 15) is 27.2 Å². The third kappa shape index (κ3) is 5.91. The molecule has 0 atom stereocenters. The van der Waals surface area contributed by atoms with Gasteiger partial charge < -0.3 is 19.6 Å². The summed E-state index contributed by atoms with van der Waals surface area (Å²) in [5.41, 5.74) is -0.0293. The minimum absolute atomic E-state index is 0.0210. The number of aromatic nitrogens is 3.